The van der Waals surface area contributed by atoms with Crippen LogP contribution in [0.3, 0.4) is 0 Å². The quantitative estimate of drug-likeness (QED) is 0.303. The Hall–Kier alpha value is -3.09. The standard InChI is InChI=1S/C24H16BrNO3S/c25-18-10-6-16(7-11-18)22-14-19(29-24(27)28)15-23(26-22)17-8-12-21(13-9-17)30-20-4-2-1-3-5-20/h1-15H,(H,27,28). The topological polar surface area (TPSA) is 59.4 Å². The Balaban J connectivity index is 1.67. The first kappa shape index (κ1) is 20.2. The average molecular weight is 478 g/mol. The summed E-state index contributed by atoms with van der Waals surface area (Å²) in [5.41, 5.74) is 3.02. The molecule has 0 saturated carbocycles. The van der Waals surface area contributed by atoms with Crippen LogP contribution in [0.5, 0.6) is 5.75 Å². The van der Waals surface area contributed by atoms with Gasteiger partial charge in [-0.3, -0.25) is 0 Å². The Morgan fingerprint density at radius 3 is 1.90 bits per heavy atom. The molecule has 0 radical (unpaired) electrons. The molecule has 0 spiro atoms. The van der Waals surface area contributed by atoms with Gasteiger partial charge in [0.1, 0.15) is 5.75 Å². The van der Waals surface area contributed by atoms with Crippen molar-refractivity contribution >= 4 is 33.8 Å². The van der Waals surface area contributed by atoms with Gasteiger partial charge < -0.3 is 9.84 Å². The summed E-state index contributed by atoms with van der Waals surface area (Å²) in [6.07, 6.45) is -1.36. The van der Waals surface area contributed by atoms with Crippen molar-refractivity contribution in [3.05, 3.63) is 95.5 Å². The Bertz CT molecular complexity index is 1160. The van der Waals surface area contributed by atoms with Crippen molar-refractivity contribution in [1.29, 1.82) is 0 Å². The van der Waals surface area contributed by atoms with Crippen molar-refractivity contribution < 1.29 is 14.6 Å². The van der Waals surface area contributed by atoms with Crippen LogP contribution >= 0.6 is 27.7 Å². The fourth-order valence-electron chi connectivity index (χ4n) is 2.90. The van der Waals surface area contributed by atoms with Gasteiger partial charge in [0.05, 0.1) is 11.4 Å². The molecule has 4 nitrogen and oxygen atoms in total. The number of nitrogens with zero attached hydrogens (tertiary/aromatic N) is 1. The maximum atomic E-state index is 11.1. The Morgan fingerprint density at radius 2 is 1.33 bits per heavy atom. The Morgan fingerprint density at radius 1 is 0.800 bits per heavy atom. The summed E-state index contributed by atoms with van der Waals surface area (Å²) < 4.78 is 5.88. The van der Waals surface area contributed by atoms with Crippen LogP contribution < -0.4 is 4.74 Å². The third kappa shape index (κ3) is 5.09. The molecule has 0 atom stereocenters. The molecule has 0 amide bonds. The number of hydrogen-bond donors (Lipinski definition) is 1. The van der Waals surface area contributed by atoms with Gasteiger partial charge in [-0.05, 0) is 36.4 Å². The van der Waals surface area contributed by atoms with E-state index in [1.807, 2.05) is 66.7 Å². The van der Waals surface area contributed by atoms with Crippen LogP contribution in [0.4, 0.5) is 4.79 Å². The van der Waals surface area contributed by atoms with Gasteiger partial charge in [0.2, 0.25) is 0 Å². The third-order valence-corrected chi connectivity index (χ3v) is 5.82. The maximum Gasteiger partial charge on any atom is 0.511 e. The predicted molar refractivity (Wildman–Crippen MR) is 122 cm³/mol. The zero-order valence-electron chi connectivity index (χ0n) is 15.7. The van der Waals surface area contributed by atoms with Crippen LogP contribution in [0.1, 0.15) is 0 Å². The van der Waals surface area contributed by atoms with E-state index in [4.69, 9.17) is 14.8 Å². The number of pyridine rings is 1. The van der Waals surface area contributed by atoms with Crippen molar-refractivity contribution in [3.63, 3.8) is 0 Å². The summed E-state index contributed by atoms with van der Waals surface area (Å²) in [7, 11) is 0. The number of carboxylic acid groups (broad SMARTS) is 1. The molecule has 0 aliphatic carbocycles. The number of carbonyl (C=O) groups is 1. The Labute approximate surface area is 186 Å². The number of hydrogen-bond acceptors (Lipinski definition) is 4. The Kier molecular flexibility index (Phi) is 6.16. The van der Waals surface area contributed by atoms with Crippen LogP contribution in [0.15, 0.2) is 105 Å². The second-order valence-electron chi connectivity index (χ2n) is 6.39. The van der Waals surface area contributed by atoms with Crippen molar-refractivity contribution in [2.45, 2.75) is 9.79 Å². The molecule has 6 heteroatoms. The van der Waals surface area contributed by atoms with Crippen LogP contribution in [-0.4, -0.2) is 16.2 Å². The van der Waals surface area contributed by atoms with Crippen LogP contribution in [0.25, 0.3) is 22.5 Å². The molecular formula is C24H16BrNO3S. The highest BCUT2D eigenvalue weighted by Crippen LogP contribution is 2.32. The van der Waals surface area contributed by atoms with E-state index in [0.717, 1.165) is 25.4 Å². The summed E-state index contributed by atoms with van der Waals surface area (Å²) in [5.74, 6) is 0.230. The molecule has 1 heterocycles. The molecule has 1 aromatic heterocycles. The van der Waals surface area contributed by atoms with Gasteiger partial charge in [-0.25, -0.2) is 9.78 Å². The summed E-state index contributed by atoms with van der Waals surface area (Å²) in [4.78, 5) is 18.1. The molecule has 1 N–H and O–H groups in total. The second kappa shape index (κ2) is 9.15. The minimum absolute atomic E-state index is 0.230. The van der Waals surface area contributed by atoms with Crippen molar-refractivity contribution in [1.82, 2.24) is 4.98 Å². The highest BCUT2D eigenvalue weighted by Gasteiger charge is 2.11. The van der Waals surface area contributed by atoms with Gasteiger partial charge in [0.25, 0.3) is 0 Å². The second-order valence-corrected chi connectivity index (χ2v) is 8.45. The van der Waals surface area contributed by atoms with E-state index in [9.17, 15) is 4.79 Å². The predicted octanol–water partition coefficient (Wildman–Crippen LogP) is 7.39. The lowest BCUT2D eigenvalue weighted by molar-refractivity contribution is 0.144. The molecule has 0 unspecified atom stereocenters. The number of ether oxygens (including phenoxy) is 1. The van der Waals surface area contributed by atoms with E-state index in [2.05, 4.69) is 28.1 Å². The lowest BCUT2D eigenvalue weighted by atomic mass is 10.1. The first-order valence-corrected chi connectivity index (χ1v) is 10.7. The number of aromatic nitrogens is 1. The normalized spacial score (nSPS) is 10.6. The molecule has 3 aromatic carbocycles. The fraction of sp³-hybridized carbons (Fsp3) is 0. The van der Waals surface area contributed by atoms with E-state index in [1.165, 1.54) is 0 Å². The van der Waals surface area contributed by atoms with E-state index < -0.39 is 6.16 Å². The largest absolute Gasteiger partial charge is 0.511 e. The highest BCUT2D eigenvalue weighted by atomic mass is 79.9. The lowest BCUT2D eigenvalue weighted by Gasteiger charge is -2.10. The highest BCUT2D eigenvalue weighted by molar-refractivity contribution is 9.10. The first-order chi connectivity index (χ1) is 14.6. The molecule has 4 rings (SSSR count). The molecule has 148 valence electrons. The molecule has 30 heavy (non-hydrogen) atoms. The van der Waals surface area contributed by atoms with Gasteiger partial charge in [-0.2, -0.15) is 0 Å². The van der Waals surface area contributed by atoms with Crippen LogP contribution in [-0.2, 0) is 0 Å². The molecule has 0 aliphatic heterocycles. The zero-order chi connectivity index (χ0) is 20.9. The molecule has 0 fully saturated rings. The van der Waals surface area contributed by atoms with Crippen molar-refractivity contribution in [3.8, 4) is 28.3 Å². The smallest absolute Gasteiger partial charge is 0.449 e. The van der Waals surface area contributed by atoms with E-state index in [-0.39, 0.29) is 5.75 Å². The lowest BCUT2D eigenvalue weighted by Crippen LogP contribution is -2.04. The van der Waals surface area contributed by atoms with Gasteiger partial charge in [-0.1, -0.05) is 70.2 Å². The van der Waals surface area contributed by atoms with Gasteiger partial charge >= 0.3 is 6.16 Å². The number of rotatable bonds is 5. The summed E-state index contributed by atoms with van der Waals surface area (Å²) >= 11 is 5.10. The van der Waals surface area contributed by atoms with E-state index in [1.54, 1.807) is 23.9 Å². The zero-order valence-corrected chi connectivity index (χ0v) is 18.1. The molecule has 4 aromatic rings. The minimum atomic E-state index is -1.36. The van der Waals surface area contributed by atoms with Crippen LogP contribution in [0, 0.1) is 0 Å². The van der Waals surface area contributed by atoms with E-state index in [0.29, 0.717) is 11.4 Å². The molecule has 0 aliphatic rings. The third-order valence-electron chi connectivity index (χ3n) is 4.27. The molecule has 0 bridgehead atoms. The van der Waals surface area contributed by atoms with Crippen molar-refractivity contribution in [2.75, 3.05) is 0 Å². The summed E-state index contributed by atoms with van der Waals surface area (Å²) in [6.45, 7) is 0. The maximum absolute atomic E-state index is 11.1. The average Bonchev–Trinajstić information content (AvgIpc) is 2.75. The summed E-state index contributed by atoms with van der Waals surface area (Å²) in [6, 6.07) is 29.1. The molecular weight excluding hydrogens is 462 g/mol. The van der Waals surface area contributed by atoms with Gasteiger partial charge in [-0.15, -0.1) is 0 Å². The minimum Gasteiger partial charge on any atom is -0.449 e. The fourth-order valence-corrected chi connectivity index (χ4v) is 4.00. The number of benzene rings is 3. The van der Waals surface area contributed by atoms with Gasteiger partial charge in [0.15, 0.2) is 0 Å². The monoisotopic (exact) mass is 477 g/mol. The van der Waals surface area contributed by atoms with Gasteiger partial charge in [0, 0.05) is 37.5 Å². The van der Waals surface area contributed by atoms with Crippen molar-refractivity contribution in [2.24, 2.45) is 0 Å². The molecule has 0 saturated heterocycles. The van der Waals surface area contributed by atoms with E-state index >= 15 is 0 Å². The number of halogens is 1. The first-order valence-electron chi connectivity index (χ1n) is 9.09. The SMILES string of the molecule is O=C(O)Oc1cc(-c2ccc(Br)cc2)nc(-c2ccc(Sc3ccccc3)cc2)c1. The summed E-state index contributed by atoms with van der Waals surface area (Å²) in [5, 5.41) is 9.05. The van der Waals surface area contributed by atoms with Crippen LogP contribution in [0.2, 0.25) is 0 Å².